The topological polar surface area (TPSA) is 83.5 Å². The Labute approximate surface area is 155 Å². The van der Waals surface area contributed by atoms with Crippen LogP contribution in [0.4, 0.5) is 0 Å². The Morgan fingerprint density at radius 2 is 1.59 bits per heavy atom. The molecule has 0 bridgehead atoms. The van der Waals surface area contributed by atoms with Crippen LogP contribution in [0, 0.1) is 11.8 Å². The molecule has 3 amide bonds. The van der Waals surface area contributed by atoms with Crippen molar-refractivity contribution in [2.45, 2.75) is 18.9 Å². The lowest BCUT2D eigenvalue weighted by molar-refractivity contribution is -0.145. The lowest BCUT2D eigenvalue weighted by Crippen LogP contribution is -2.62. The van der Waals surface area contributed by atoms with Gasteiger partial charge in [-0.2, -0.15) is 0 Å². The van der Waals surface area contributed by atoms with E-state index in [0.29, 0.717) is 31.4 Å². The highest BCUT2D eigenvalue weighted by atomic mass is 16.2. The average Bonchev–Trinajstić information content (AvgIpc) is 2.92. The Kier molecular flexibility index (Phi) is 3.56. The molecule has 5 rings (SSSR count). The molecule has 3 heterocycles. The second-order valence-electron chi connectivity index (χ2n) is 7.31. The summed E-state index contributed by atoms with van der Waals surface area (Å²) in [5.74, 6) is -0.839. The zero-order valence-corrected chi connectivity index (χ0v) is 14.6. The van der Waals surface area contributed by atoms with Crippen LogP contribution in [-0.4, -0.2) is 56.6 Å². The van der Waals surface area contributed by atoms with Crippen molar-refractivity contribution in [3.05, 3.63) is 48.3 Å². The van der Waals surface area contributed by atoms with E-state index in [9.17, 15) is 14.4 Å². The molecule has 1 aromatic carbocycles. The van der Waals surface area contributed by atoms with E-state index in [-0.39, 0.29) is 41.3 Å². The molecule has 0 saturated carbocycles. The fourth-order valence-corrected chi connectivity index (χ4v) is 4.19. The van der Waals surface area contributed by atoms with Gasteiger partial charge in [0.2, 0.25) is 11.8 Å². The molecule has 1 aliphatic carbocycles. The second kappa shape index (κ2) is 5.97. The van der Waals surface area contributed by atoms with E-state index in [2.05, 4.69) is 9.97 Å². The number of likely N-dealkylation sites (tertiary alicyclic amines) is 2. The first-order valence-electron chi connectivity index (χ1n) is 9.16. The van der Waals surface area contributed by atoms with Crippen LogP contribution in [0.2, 0.25) is 0 Å². The first kappa shape index (κ1) is 16.1. The Bertz CT molecular complexity index is 970. The monoisotopic (exact) mass is 362 g/mol. The molecule has 2 fully saturated rings. The van der Waals surface area contributed by atoms with Gasteiger partial charge in [-0.25, -0.2) is 4.98 Å². The van der Waals surface area contributed by atoms with Crippen molar-refractivity contribution in [2.24, 2.45) is 11.8 Å². The zero-order chi connectivity index (χ0) is 18.5. The fourth-order valence-electron chi connectivity index (χ4n) is 4.19. The lowest BCUT2D eigenvalue weighted by atomic mass is 9.85. The molecule has 0 radical (unpaired) electrons. The average molecular weight is 362 g/mol. The van der Waals surface area contributed by atoms with Gasteiger partial charge < -0.3 is 4.90 Å². The van der Waals surface area contributed by atoms with E-state index in [1.807, 2.05) is 36.4 Å². The van der Waals surface area contributed by atoms with Gasteiger partial charge in [0.25, 0.3) is 5.91 Å². The predicted molar refractivity (Wildman–Crippen MR) is 96.4 cm³/mol. The molecule has 2 aliphatic heterocycles. The molecule has 0 N–H and O–H groups in total. The van der Waals surface area contributed by atoms with Crippen molar-refractivity contribution in [3.8, 4) is 0 Å². The third-order valence-corrected chi connectivity index (χ3v) is 5.72. The molecule has 27 heavy (non-hydrogen) atoms. The summed E-state index contributed by atoms with van der Waals surface area (Å²) in [7, 11) is 0. The van der Waals surface area contributed by atoms with Crippen LogP contribution in [0.15, 0.2) is 42.6 Å². The maximum absolute atomic E-state index is 12.7. The van der Waals surface area contributed by atoms with Crippen LogP contribution in [0.25, 0.3) is 11.0 Å². The minimum Gasteiger partial charge on any atom is -0.333 e. The summed E-state index contributed by atoms with van der Waals surface area (Å²) in [6.45, 7) is 0.718. The fraction of sp³-hybridized carbons (Fsp3) is 0.350. The first-order valence-corrected chi connectivity index (χ1v) is 9.16. The van der Waals surface area contributed by atoms with E-state index >= 15 is 0 Å². The van der Waals surface area contributed by atoms with Gasteiger partial charge in [0, 0.05) is 13.1 Å². The van der Waals surface area contributed by atoms with E-state index in [1.54, 1.807) is 4.90 Å². The normalized spacial score (nSPS) is 25.0. The molecular weight excluding hydrogens is 344 g/mol. The summed E-state index contributed by atoms with van der Waals surface area (Å²) < 4.78 is 0. The van der Waals surface area contributed by atoms with Gasteiger partial charge in [-0.15, -0.1) is 0 Å². The Balaban J connectivity index is 1.29. The predicted octanol–water partition coefficient (Wildman–Crippen LogP) is 1.41. The van der Waals surface area contributed by atoms with Gasteiger partial charge in [-0.05, 0) is 25.0 Å². The number of amides is 3. The number of hydrogen-bond acceptors (Lipinski definition) is 5. The number of benzene rings is 1. The van der Waals surface area contributed by atoms with Gasteiger partial charge in [-0.1, -0.05) is 24.3 Å². The highest BCUT2D eigenvalue weighted by Gasteiger charge is 2.52. The highest BCUT2D eigenvalue weighted by Crippen LogP contribution is 2.37. The van der Waals surface area contributed by atoms with E-state index < -0.39 is 0 Å². The standard InChI is InChI=1S/C20H18N4O3/c25-18-13-5-1-2-6-14(13)19(26)24(18)12-10-23(11-12)20(27)17-9-21-15-7-3-4-8-16(15)22-17/h1-4,7-9,12-14H,5-6,10-11H2. The SMILES string of the molecule is O=C(c1cnc2ccccc2n1)N1CC(N2C(=O)C3CC=CCC3C2=O)C1. The van der Waals surface area contributed by atoms with Crippen molar-refractivity contribution in [1.82, 2.24) is 19.8 Å². The summed E-state index contributed by atoms with van der Waals surface area (Å²) in [4.78, 5) is 49.6. The van der Waals surface area contributed by atoms with Crippen LogP contribution >= 0.6 is 0 Å². The largest absolute Gasteiger partial charge is 0.333 e. The number of imide groups is 1. The first-order chi connectivity index (χ1) is 13.1. The summed E-state index contributed by atoms with van der Waals surface area (Å²) in [6, 6.07) is 7.15. The van der Waals surface area contributed by atoms with E-state index in [4.69, 9.17) is 0 Å². The quantitative estimate of drug-likeness (QED) is 0.596. The molecular formula is C20H18N4O3. The van der Waals surface area contributed by atoms with Crippen LogP contribution in [0.3, 0.4) is 0 Å². The van der Waals surface area contributed by atoms with E-state index in [1.165, 1.54) is 11.1 Å². The molecule has 2 unspecified atom stereocenters. The highest BCUT2D eigenvalue weighted by molar-refractivity contribution is 6.06. The number of para-hydroxylation sites is 2. The van der Waals surface area contributed by atoms with Gasteiger partial charge in [0.1, 0.15) is 5.69 Å². The van der Waals surface area contributed by atoms with Crippen LogP contribution in [0.5, 0.6) is 0 Å². The summed E-state index contributed by atoms with van der Waals surface area (Å²) in [5, 5.41) is 0. The van der Waals surface area contributed by atoms with Gasteiger partial charge in [0.05, 0.1) is 35.1 Å². The Morgan fingerprint density at radius 3 is 2.26 bits per heavy atom. The lowest BCUT2D eigenvalue weighted by Gasteiger charge is -2.42. The van der Waals surface area contributed by atoms with Crippen molar-refractivity contribution in [2.75, 3.05) is 13.1 Å². The number of aromatic nitrogens is 2. The Morgan fingerprint density at radius 1 is 0.963 bits per heavy atom. The van der Waals surface area contributed by atoms with Crippen molar-refractivity contribution in [1.29, 1.82) is 0 Å². The number of hydrogen-bond donors (Lipinski definition) is 0. The van der Waals surface area contributed by atoms with Gasteiger partial charge in [0.15, 0.2) is 0 Å². The molecule has 136 valence electrons. The molecule has 7 nitrogen and oxygen atoms in total. The summed E-state index contributed by atoms with van der Waals surface area (Å²) in [5.41, 5.74) is 1.69. The summed E-state index contributed by atoms with van der Waals surface area (Å²) >= 11 is 0. The number of nitrogens with zero attached hydrogens (tertiary/aromatic N) is 4. The van der Waals surface area contributed by atoms with Gasteiger partial charge in [-0.3, -0.25) is 24.3 Å². The maximum atomic E-state index is 12.7. The smallest absolute Gasteiger partial charge is 0.274 e. The number of fused-ring (bicyclic) bond motifs is 2. The molecule has 3 aliphatic rings. The van der Waals surface area contributed by atoms with Crippen molar-refractivity contribution in [3.63, 3.8) is 0 Å². The molecule has 2 atom stereocenters. The molecule has 2 saturated heterocycles. The third-order valence-electron chi connectivity index (χ3n) is 5.72. The van der Waals surface area contributed by atoms with E-state index in [0.717, 1.165) is 5.52 Å². The summed E-state index contributed by atoms with van der Waals surface area (Å²) in [6.07, 6.45) is 6.70. The second-order valence-corrected chi connectivity index (χ2v) is 7.31. The minimum absolute atomic E-state index is 0.0862. The Hall–Kier alpha value is -3.09. The molecule has 1 aromatic heterocycles. The number of carbonyl (C=O) groups excluding carboxylic acids is 3. The van der Waals surface area contributed by atoms with Crippen molar-refractivity contribution >= 4 is 28.8 Å². The maximum Gasteiger partial charge on any atom is 0.274 e. The third kappa shape index (κ3) is 2.45. The van der Waals surface area contributed by atoms with Crippen LogP contribution in [-0.2, 0) is 9.59 Å². The molecule has 0 spiro atoms. The minimum atomic E-state index is -0.229. The molecule has 2 aromatic rings. The molecule has 7 heteroatoms. The zero-order valence-electron chi connectivity index (χ0n) is 14.6. The number of rotatable bonds is 2. The number of carbonyl (C=O) groups is 3. The van der Waals surface area contributed by atoms with Gasteiger partial charge >= 0.3 is 0 Å². The van der Waals surface area contributed by atoms with Crippen LogP contribution in [0.1, 0.15) is 23.3 Å². The number of allylic oxidation sites excluding steroid dienone is 2. The van der Waals surface area contributed by atoms with Crippen LogP contribution < -0.4 is 0 Å². The van der Waals surface area contributed by atoms with Crippen molar-refractivity contribution < 1.29 is 14.4 Å².